The van der Waals surface area contributed by atoms with Gasteiger partial charge in [0.2, 0.25) is 6.11 Å². The summed E-state index contributed by atoms with van der Waals surface area (Å²) in [6.45, 7) is 1.83. The van der Waals surface area contributed by atoms with Gasteiger partial charge in [0.05, 0.1) is 26.4 Å². The summed E-state index contributed by atoms with van der Waals surface area (Å²) in [6.07, 6.45) is 1.54. The van der Waals surface area contributed by atoms with Crippen molar-refractivity contribution in [2.75, 3.05) is 40.1 Å². The predicted octanol–water partition coefficient (Wildman–Crippen LogP) is -1.28. The van der Waals surface area contributed by atoms with Gasteiger partial charge in [0.15, 0.2) is 0 Å². The maximum absolute atomic E-state index is 10.9. The van der Waals surface area contributed by atoms with E-state index in [1.165, 1.54) is 18.3 Å². The monoisotopic (exact) mass is 245 g/mol. The van der Waals surface area contributed by atoms with Crippen molar-refractivity contribution in [2.24, 2.45) is 0 Å². The van der Waals surface area contributed by atoms with Crippen LogP contribution in [0.1, 0.15) is 0 Å². The van der Waals surface area contributed by atoms with Crippen molar-refractivity contribution in [1.82, 2.24) is 0 Å². The number of carbonyl (C=O) groups is 1. The van der Waals surface area contributed by atoms with Crippen LogP contribution in [0.5, 0.6) is 0 Å². The molecule has 1 heterocycles. The molecule has 0 aromatic rings. The Balaban J connectivity index is 2.05. The van der Waals surface area contributed by atoms with Crippen LogP contribution in [0.2, 0.25) is 0 Å². The molecule has 1 N–H and O–H groups in total. The average Bonchev–Trinajstić information content (AvgIpc) is 2.23. The normalized spacial score (nSPS) is 15.2. The first-order valence-corrected chi connectivity index (χ1v) is 5.24. The van der Waals surface area contributed by atoms with Crippen LogP contribution in [-0.4, -0.2) is 75.6 Å². The molecule has 0 aromatic heterocycles. The zero-order valence-electron chi connectivity index (χ0n) is 9.70. The lowest BCUT2D eigenvalue weighted by molar-refractivity contribution is -0.777. The van der Waals surface area contributed by atoms with Crippen LogP contribution in [0.25, 0.3) is 0 Å². The fourth-order valence-corrected chi connectivity index (χ4v) is 1.12. The van der Waals surface area contributed by atoms with Gasteiger partial charge >= 0.3 is 19.5 Å². The second-order valence-electron chi connectivity index (χ2n) is 3.28. The lowest BCUT2D eigenvalue weighted by Gasteiger charge is -2.14. The lowest BCUT2D eigenvalue weighted by atomic mass is 10.0. The first-order chi connectivity index (χ1) is 8.25. The number of methoxy groups -OCH3 is 1. The number of hydrogen-bond acceptors (Lipinski definition) is 5. The summed E-state index contributed by atoms with van der Waals surface area (Å²) >= 11 is 0. The molecule has 0 bridgehead atoms. The Morgan fingerprint density at radius 3 is 2.59 bits per heavy atom. The smallest absolute Gasteiger partial charge is 0.476 e. The second kappa shape index (κ2) is 8.05. The predicted molar refractivity (Wildman–Crippen MR) is 58.1 cm³/mol. The Bertz CT molecular complexity index is 272. The van der Waals surface area contributed by atoms with E-state index in [1.54, 1.807) is 7.11 Å². The molecule has 0 aliphatic carbocycles. The van der Waals surface area contributed by atoms with Gasteiger partial charge in [0.1, 0.15) is 6.61 Å². The fourth-order valence-electron chi connectivity index (χ4n) is 1.12. The molecular weight excluding hydrogens is 229 g/mol. The number of aliphatic carboxylic acids is 1. The minimum Gasteiger partial charge on any atom is -0.476 e. The number of hydroxylamine groups is 1. The molecule has 7 nitrogen and oxygen atoms in total. The molecule has 8 heteroatoms. The maximum atomic E-state index is 10.9. The molecule has 1 aliphatic heterocycles. The van der Waals surface area contributed by atoms with Crippen molar-refractivity contribution < 1.29 is 33.6 Å². The Kier molecular flexibility index (Phi) is 6.60. The SMILES string of the molecule is COCCOCCOC[C@@H](C(=O)O)[N+]1=C[B]O1. The van der Waals surface area contributed by atoms with E-state index in [0.29, 0.717) is 26.4 Å². The molecule has 1 rings (SSSR count). The summed E-state index contributed by atoms with van der Waals surface area (Å²) in [5.41, 5.74) is 0. The van der Waals surface area contributed by atoms with E-state index in [4.69, 9.17) is 24.1 Å². The Morgan fingerprint density at radius 1 is 1.41 bits per heavy atom. The highest BCUT2D eigenvalue weighted by molar-refractivity contribution is 6.62. The van der Waals surface area contributed by atoms with E-state index in [-0.39, 0.29) is 6.61 Å². The Morgan fingerprint density at radius 2 is 2.06 bits per heavy atom. The number of nitrogens with zero attached hydrogens (tertiary/aromatic N) is 1. The van der Waals surface area contributed by atoms with Crippen LogP contribution >= 0.6 is 0 Å². The van der Waals surface area contributed by atoms with Crippen molar-refractivity contribution in [3.8, 4) is 0 Å². The first-order valence-electron chi connectivity index (χ1n) is 5.24. The highest BCUT2D eigenvalue weighted by Gasteiger charge is 2.36. The van der Waals surface area contributed by atoms with Gasteiger partial charge in [-0.3, -0.25) is 0 Å². The van der Waals surface area contributed by atoms with Crippen LogP contribution in [0.4, 0.5) is 0 Å². The van der Waals surface area contributed by atoms with Gasteiger partial charge in [-0.15, -0.1) is 0 Å². The first kappa shape index (κ1) is 13.9. The molecule has 95 valence electrons. The molecule has 1 aliphatic rings. The largest absolute Gasteiger partial charge is 0.585 e. The molecule has 0 saturated heterocycles. The topological polar surface area (TPSA) is 77.2 Å². The summed E-state index contributed by atoms with van der Waals surface area (Å²) in [5.74, 6) is -0.991. The van der Waals surface area contributed by atoms with Crippen molar-refractivity contribution in [3.63, 3.8) is 0 Å². The molecule has 0 saturated carbocycles. The Labute approximate surface area is 100 Å². The molecule has 1 radical (unpaired) electrons. The Hall–Kier alpha value is -1.12. The maximum Gasteiger partial charge on any atom is 0.585 e. The van der Waals surface area contributed by atoms with Crippen molar-refractivity contribution in [2.45, 2.75) is 6.04 Å². The van der Waals surface area contributed by atoms with Gasteiger partial charge in [-0.2, -0.15) is 0 Å². The van der Waals surface area contributed by atoms with Crippen molar-refractivity contribution in [3.05, 3.63) is 0 Å². The van der Waals surface area contributed by atoms with E-state index in [2.05, 4.69) is 0 Å². The second-order valence-corrected chi connectivity index (χ2v) is 3.28. The molecule has 0 unspecified atom stereocenters. The van der Waals surface area contributed by atoms with E-state index >= 15 is 0 Å². The fraction of sp³-hybridized carbons (Fsp3) is 0.778. The van der Waals surface area contributed by atoms with Gasteiger partial charge in [-0.25, -0.2) is 4.79 Å². The van der Waals surface area contributed by atoms with Gasteiger partial charge in [0, 0.05) is 7.11 Å². The number of ether oxygens (including phenoxy) is 3. The van der Waals surface area contributed by atoms with Crippen LogP contribution in [0.3, 0.4) is 0 Å². The third kappa shape index (κ3) is 5.16. The van der Waals surface area contributed by atoms with Gasteiger partial charge in [-0.05, 0) is 4.74 Å². The minimum atomic E-state index is -0.991. The molecule has 0 amide bonds. The summed E-state index contributed by atoms with van der Waals surface area (Å²) in [5, 5.41) is 8.90. The zero-order valence-corrected chi connectivity index (χ0v) is 9.70. The van der Waals surface area contributed by atoms with Gasteiger partial charge in [-0.1, -0.05) is 0 Å². The molecule has 17 heavy (non-hydrogen) atoms. The average molecular weight is 245 g/mol. The molecule has 0 fully saturated rings. The standard InChI is InChI=1S/C9H15BNO6/c1-14-2-3-15-4-5-16-6-8(9(12)13)11-7-10-17-11/h7-8H,2-6H2,1H3/p+1/t8-/m0/s1. The highest BCUT2D eigenvalue weighted by Crippen LogP contribution is 1.99. The summed E-state index contributed by atoms with van der Waals surface area (Å²) in [7, 11) is 3.00. The van der Waals surface area contributed by atoms with Crippen LogP contribution in [0, 0.1) is 0 Å². The number of rotatable bonds is 10. The molecule has 0 aromatic carbocycles. The minimum absolute atomic E-state index is 0.0489. The van der Waals surface area contributed by atoms with Crippen LogP contribution in [-0.2, 0) is 23.8 Å². The summed E-state index contributed by atoms with van der Waals surface area (Å²) < 4.78 is 21.2. The lowest BCUT2D eigenvalue weighted by Crippen LogP contribution is -2.45. The van der Waals surface area contributed by atoms with E-state index in [0.717, 1.165) is 0 Å². The quantitative estimate of drug-likeness (QED) is 0.293. The van der Waals surface area contributed by atoms with Crippen molar-refractivity contribution in [1.29, 1.82) is 0 Å². The van der Waals surface area contributed by atoms with Gasteiger partial charge < -0.3 is 24.1 Å². The summed E-state index contributed by atoms with van der Waals surface area (Å²) in [4.78, 5) is 10.9. The number of carboxylic acids is 1. The number of hydrogen-bond donors (Lipinski definition) is 1. The molecule has 0 spiro atoms. The molecule has 1 atom stereocenters. The van der Waals surface area contributed by atoms with Crippen LogP contribution in [0.15, 0.2) is 0 Å². The zero-order chi connectivity index (χ0) is 12.5. The third-order valence-electron chi connectivity index (χ3n) is 2.06. The van der Waals surface area contributed by atoms with Gasteiger partial charge in [0.25, 0.3) is 0 Å². The van der Waals surface area contributed by atoms with Crippen LogP contribution < -0.4 is 0 Å². The van der Waals surface area contributed by atoms with E-state index in [1.807, 2.05) is 0 Å². The summed E-state index contributed by atoms with van der Waals surface area (Å²) in [6, 6.07) is -0.820. The van der Waals surface area contributed by atoms with E-state index in [9.17, 15) is 4.79 Å². The van der Waals surface area contributed by atoms with E-state index < -0.39 is 12.0 Å². The van der Waals surface area contributed by atoms with Crippen molar-refractivity contribution >= 4 is 19.6 Å². The number of carboxylic acid groups (broad SMARTS) is 1. The third-order valence-corrected chi connectivity index (χ3v) is 2.06. The highest BCUT2D eigenvalue weighted by atomic mass is 16.6. The molecular formula is C9H16BNO6+.